The van der Waals surface area contributed by atoms with E-state index >= 15 is 0 Å². The van der Waals surface area contributed by atoms with Crippen LogP contribution in [0.3, 0.4) is 0 Å². The first-order valence-electron chi connectivity index (χ1n) is 9.86. The van der Waals surface area contributed by atoms with Gasteiger partial charge in [0.2, 0.25) is 5.91 Å². The van der Waals surface area contributed by atoms with Gasteiger partial charge in [0.15, 0.2) is 0 Å². The maximum atomic E-state index is 12.1. The molecule has 2 aromatic carbocycles. The minimum absolute atomic E-state index is 0.0239. The van der Waals surface area contributed by atoms with Gasteiger partial charge in [-0.2, -0.15) is 0 Å². The number of hydrogen-bond donors (Lipinski definition) is 1. The Morgan fingerprint density at radius 1 is 1.11 bits per heavy atom. The summed E-state index contributed by atoms with van der Waals surface area (Å²) in [4.78, 5) is 12.1. The first-order chi connectivity index (χ1) is 13.6. The van der Waals surface area contributed by atoms with Gasteiger partial charge < -0.3 is 14.6 Å². The molecule has 5 nitrogen and oxygen atoms in total. The molecule has 0 unspecified atom stereocenters. The zero-order valence-electron chi connectivity index (χ0n) is 16.2. The third kappa shape index (κ3) is 4.60. The third-order valence-corrected chi connectivity index (χ3v) is 5.27. The number of carbonyl (C=O) groups excluding carboxylic acids is 1. The molecule has 1 aromatic heterocycles. The van der Waals surface area contributed by atoms with Crippen molar-refractivity contribution in [2.24, 2.45) is 5.41 Å². The van der Waals surface area contributed by atoms with Crippen LogP contribution >= 0.6 is 0 Å². The van der Waals surface area contributed by atoms with E-state index in [1.807, 2.05) is 6.07 Å². The van der Waals surface area contributed by atoms with Crippen molar-refractivity contribution in [3.8, 4) is 0 Å². The molecule has 3 aromatic rings. The molecule has 1 N–H and O–H groups in total. The van der Waals surface area contributed by atoms with Crippen LogP contribution in [0.15, 0.2) is 53.1 Å². The number of nitrogens with zero attached hydrogens (tertiary/aromatic N) is 1. The molecular formula is C23H26N2O3. The van der Waals surface area contributed by atoms with Crippen LogP contribution in [0.4, 0.5) is 0 Å². The Morgan fingerprint density at radius 2 is 1.93 bits per heavy atom. The molecule has 28 heavy (non-hydrogen) atoms. The summed E-state index contributed by atoms with van der Waals surface area (Å²) in [7, 11) is 0. The van der Waals surface area contributed by atoms with Gasteiger partial charge in [-0.05, 0) is 29.2 Å². The van der Waals surface area contributed by atoms with Crippen molar-refractivity contribution in [3.63, 3.8) is 0 Å². The Morgan fingerprint density at radius 3 is 2.71 bits per heavy atom. The van der Waals surface area contributed by atoms with E-state index in [4.69, 9.17) is 9.26 Å². The fraction of sp³-hybridized carbons (Fsp3) is 0.391. The number of aromatic nitrogens is 1. The van der Waals surface area contributed by atoms with Crippen molar-refractivity contribution >= 4 is 16.7 Å². The number of ether oxygens (including phenoxy) is 1. The summed E-state index contributed by atoms with van der Waals surface area (Å²) in [6.45, 7) is 4.17. The Bertz CT molecular complexity index is 959. The van der Waals surface area contributed by atoms with Gasteiger partial charge in [0.1, 0.15) is 5.76 Å². The number of benzene rings is 2. The molecule has 1 amide bonds. The summed E-state index contributed by atoms with van der Waals surface area (Å²) in [5, 5.41) is 9.54. The average Bonchev–Trinajstić information content (AvgIpc) is 3.12. The molecule has 1 aliphatic rings. The number of amides is 1. The van der Waals surface area contributed by atoms with Gasteiger partial charge in [0.25, 0.3) is 0 Å². The van der Waals surface area contributed by atoms with Crippen LogP contribution in [0.1, 0.15) is 30.4 Å². The number of hydrogen-bond acceptors (Lipinski definition) is 4. The maximum absolute atomic E-state index is 12.1. The van der Waals surface area contributed by atoms with Gasteiger partial charge in [0.05, 0.1) is 25.3 Å². The third-order valence-electron chi connectivity index (χ3n) is 5.27. The topological polar surface area (TPSA) is 64.4 Å². The van der Waals surface area contributed by atoms with Gasteiger partial charge in [-0.1, -0.05) is 54.5 Å². The number of rotatable bonds is 8. The Balaban J connectivity index is 1.23. The number of nitrogens with one attached hydrogen (secondary N) is 1. The summed E-state index contributed by atoms with van der Waals surface area (Å²) >= 11 is 0. The highest BCUT2D eigenvalue weighted by Crippen LogP contribution is 2.25. The van der Waals surface area contributed by atoms with Crippen molar-refractivity contribution in [1.29, 1.82) is 0 Å². The van der Waals surface area contributed by atoms with Crippen LogP contribution in [-0.2, 0) is 28.8 Å². The Labute approximate surface area is 165 Å². The molecule has 0 spiro atoms. The molecule has 0 radical (unpaired) electrons. The first-order valence-corrected chi connectivity index (χ1v) is 9.86. The predicted molar refractivity (Wildman–Crippen MR) is 108 cm³/mol. The van der Waals surface area contributed by atoms with Crippen molar-refractivity contribution < 1.29 is 14.1 Å². The second kappa shape index (κ2) is 8.15. The fourth-order valence-electron chi connectivity index (χ4n) is 3.51. The molecular weight excluding hydrogens is 352 g/mol. The highest BCUT2D eigenvalue weighted by Gasteiger charge is 2.33. The van der Waals surface area contributed by atoms with Crippen LogP contribution in [0, 0.1) is 5.41 Å². The predicted octanol–water partition coefficient (Wildman–Crippen LogP) is 3.70. The van der Waals surface area contributed by atoms with Crippen LogP contribution in [0.25, 0.3) is 10.8 Å². The molecule has 1 aliphatic heterocycles. The van der Waals surface area contributed by atoms with E-state index in [0.717, 1.165) is 25.0 Å². The van der Waals surface area contributed by atoms with Gasteiger partial charge in [-0.15, -0.1) is 0 Å². The number of fused-ring (bicyclic) bond motifs is 1. The van der Waals surface area contributed by atoms with E-state index in [2.05, 4.69) is 59.9 Å². The first kappa shape index (κ1) is 18.7. The van der Waals surface area contributed by atoms with Gasteiger partial charge >= 0.3 is 0 Å². The van der Waals surface area contributed by atoms with Gasteiger partial charge in [-0.3, -0.25) is 4.79 Å². The van der Waals surface area contributed by atoms with Crippen LogP contribution in [-0.4, -0.2) is 30.8 Å². The lowest BCUT2D eigenvalue weighted by Gasteiger charge is -2.37. The van der Waals surface area contributed by atoms with Gasteiger partial charge in [0, 0.05) is 24.4 Å². The molecule has 0 aliphatic carbocycles. The SMILES string of the molecule is CC1(CNC(=O)Cc2cc(CCCc3ccc4ccccc4c3)on2)COC1. The molecule has 0 bridgehead atoms. The smallest absolute Gasteiger partial charge is 0.226 e. The Kier molecular flexibility index (Phi) is 5.44. The lowest BCUT2D eigenvalue weighted by Crippen LogP contribution is -2.48. The molecule has 146 valence electrons. The van der Waals surface area contributed by atoms with Crippen molar-refractivity contribution in [2.45, 2.75) is 32.6 Å². The quantitative estimate of drug-likeness (QED) is 0.649. The lowest BCUT2D eigenvalue weighted by atomic mass is 9.89. The number of carbonyl (C=O) groups is 1. The van der Waals surface area contributed by atoms with Crippen molar-refractivity contribution in [1.82, 2.24) is 10.5 Å². The van der Waals surface area contributed by atoms with E-state index in [0.29, 0.717) is 25.5 Å². The summed E-state index contributed by atoms with van der Waals surface area (Å²) in [6.07, 6.45) is 3.04. The van der Waals surface area contributed by atoms with Crippen LogP contribution in [0.5, 0.6) is 0 Å². The minimum atomic E-state index is -0.0239. The zero-order valence-corrected chi connectivity index (χ0v) is 16.2. The maximum Gasteiger partial charge on any atom is 0.226 e. The largest absolute Gasteiger partial charge is 0.380 e. The summed E-state index contributed by atoms with van der Waals surface area (Å²) < 4.78 is 10.6. The molecule has 2 heterocycles. The Hall–Kier alpha value is -2.66. The highest BCUT2D eigenvalue weighted by molar-refractivity contribution is 5.83. The standard InChI is InChI=1S/C23H26N2O3/c1-23(15-27-16-23)14-24-22(26)13-20-12-21(28-25-20)8-4-5-17-9-10-18-6-2-3-7-19(18)11-17/h2-3,6-7,9-12H,4-5,8,13-16H2,1H3,(H,24,26). The van der Waals surface area contributed by atoms with Crippen LogP contribution in [0.2, 0.25) is 0 Å². The monoisotopic (exact) mass is 378 g/mol. The number of aryl methyl sites for hydroxylation is 2. The van der Waals surface area contributed by atoms with Gasteiger partial charge in [-0.25, -0.2) is 0 Å². The summed E-state index contributed by atoms with van der Waals surface area (Å²) in [5.74, 6) is 0.812. The second-order valence-electron chi connectivity index (χ2n) is 8.08. The summed E-state index contributed by atoms with van der Waals surface area (Å²) in [5.41, 5.74) is 2.09. The molecule has 5 heteroatoms. The summed E-state index contributed by atoms with van der Waals surface area (Å²) in [6, 6.07) is 16.9. The normalized spacial score (nSPS) is 15.3. The molecule has 0 saturated carbocycles. The van der Waals surface area contributed by atoms with E-state index in [1.165, 1.54) is 16.3 Å². The fourth-order valence-corrected chi connectivity index (χ4v) is 3.51. The second-order valence-corrected chi connectivity index (χ2v) is 8.08. The molecule has 4 rings (SSSR count). The van der Waals surface area contributed by atoms with Crippen molar-refractivity contribution in [2.75, 3.05) is 19.8 Å². The molecule has 1 fully saturated rings. The van der Waals surface area contributed by atoms with E-state index in [1.54, 1.807) is 0 Å². The zero-order chi connectivity index (χ0) is 19.4. The average molecular weight is 378 g/mol. The van der Waals surface area contributed by atoms with Crippen LogP contribution < -0.4 is 5.32 Å². The minimum Gasteiger partial charge on any atom is -0.380 e. The van der Waals surface area contributed by atoms with E-state index in [9.17, 15) is 4.79 Å². The van der Waals surface area contributed by atoms with E-state index in [-0.39, 0.29) is 17.7 Å². The lowest BCUT2D eigenvalue weighted by molar-refractivity contribution is -0.126. The molecule has 0 atom stereocenters. The highest BCUT2D eigenvalue weighted by atomic mass is 16.5. The van der Waals surface area contributed by atoms with Crippen molar-refractivity contribution in [3.05, 3.63) is 65.5 Å². The van der Waals surface area contributed by atoms with E-state index < -0.39 is 0 Å². The molecule has 1 saturated heterocycles.